The van der Waals surface area contributed by atoms with E-state index in [-0.39, 0.29) is 11.8 Å². The van der Waals surface area contributed by atoms with Gasteiger partial charge in [0.2, 0.25) is 5.91 Å². The highest BCUT2D eigenvalue weighted by Gasteiger charge is 2.26. The molecule has 0 saturated carbocycles. The van der Waals surface area contributed by atoms with Crippen molar-refractivity contribution in [1.29, 1.82) is 0 Å². The molecule has 0 unspecified atom stereocenters. The van der Waals surface area contributed by atoms with Crippen LogP contribution in [-0.2, 0) is 9.59 Å². The lowest BCUT2D eigenvalue weighted by Crippen LogP contribution is -2.45. The smallest absolute Gasteiger partial charge is 0.234 e. The van der Waals surface area contributed by atoms with E-state index < -0.39 is 0 Å². The van der Waals surface area contributed by atoms with E-state index >= 15 is 0 Å². The van der Waals surface area contributed by atoms with Crippen LogP contribution < -0.4 is 5.32 Å². The van der Waals surface area contributed by atoms with Gasteiger partial charge in [-0.2, -0.15) is 0 Å². The molecule has 14 heavy (non-hydrogen) atoms. The van der Waals surface area contributed by atoms with Crippen molar-refractivity contribution in [3.63, 3.8) is 0 Å². The Bertz CT molecular complexity index is 245. The highest BCUT2D eigenvalue weighted by molar-refractivity contribution is 5.83. The van der Waals surface area contributed by atoms with Gasteiger partial charge in [0.25, 0.3) is 0 Å². The molecule has 2 bridgehead atoms. The minimum absolute atomic E-state index is 0.0538. The molecule has 1 N–H and O–H groups in total. The summed E-state index contributed by atoms with van der Waals surface area (Å²) in [6, 6.07) is 0. The first-order valence-corrected chi connectivity index (χ1v) is 5.27. The number of nitrogens with zero attached hydrogens (tertiary/aromatic N) is 1. The number of carbonyl (C=O) groups excluding carboxylic acids is 2. The SMILES string of the molecule is O=C1CN2CCC(CC2)C(=O)CCN1. The van der Waals surface area contributed by atoms with E-state index in [9.17, 15) is 9.59 Å². The Hall–Kier alpha value is -0.900. The Morgan fingerprint density at radius 3 is 2.64 bits per heavy atom. The molecule has 0 radical (unpaired) electrons. The van der Waals surface area contributed by atoms with Crippen molar-refractivity contribution >= 4 is 11.7 Å². The average molecular weight is 196 g/mol. The van der Waals surface area contributed by atoms with Crippen LogP contribution in [0.5, 0.6) is 0 Å². The van der Waals surface area contributed by atoms with Crippen LogP contribution >= 0.6 is 0 Å². The molecule has 3 saturated heterocycles. The summed E-state index contributed by atoms with van der Waals surface area (Å²) in [7, 11) is 0. The summed E-state index contributed by atoms with van der Waals surface area (Å²) < 4.78 is 0. The molecule has 0 aromatic rings. The molecule has 1 amide bonds. The predicted molar refractivity (Wildman–Crippen MR) is 51.8 cm³/mol. The van der Waals surface area contributed by atoms with Crippen molar-refractivity contribution in [3.8, 4) is 0 Å². The lowest BCUT2D eigenvalue weighted by molar-refractivity contribution is -0.127. The van der Waals surface area contributed by atoms with Crippen molar-refractivity contribution in [3.05, 3.63) is 0 Å². The Kier molecular flexibility index (Phi) is 2.82. The summed E-state index contributed by atoms with van der Waals surface area (Å²) in [6.45, 7) is 2.80. The van der Waals surface area contributed by atoms with E-state index in [2.05, 4.69) is 10.2 Å². The van der Waals surface area contributed by atoms with E-state index in [4.69, 9.17) is 0 Å². The molecular weight excluding hydrogens is 180 g/mol. The van der Waals surface area contributed by atoms with Crippen LogP contribution in [0, 0.1) is 5.92 Å². The monoisotopic (exact) mass is 196 g/mol. The number of hydrogen-bond donors (Lipinski definition) is 1. The fourth-order valence-electron chi connectivity index (χ4n) is 2.20. The van der Waals surface area contributed by atoms with Crippen molar-refractivity contribution in [2.24, 2.45) is 5.92 Å². The van der Waals surface area contributed by atoms with Crippen LogP contribution in [0.15, 0.2) is 0 Å². The normalized spacial score (nSPS) is 34.0. The maximum absolute atomic E-state index is 11.6. The molecule has 4 nitrogen and oxygen atoms in total. The summed E-state index contributed by atoms with van der Waals surface area (Å²) in [6.07, 6.45) is 2.38. The highest BCUT2D eigenvalue weighted by atomic mass is 16.2. The molecule has 3 aliphatic rings. The second-order valence-corrected chi connectivity index (χ2v) is 4.12. The summed E-state index contributed by atoms with van der Waals surface area (Å²) in [5.41, 5.74) is 0. The maximum Gasteiger partial charge on any atom is 0.234 e. The molecule has 4 heteroatoms. The van der Waals surface area contributed by atoms with Gasteiger partial charge >= 0.3 is 0 Å². The lowest BCUT2D eigenvalue weighted by atomic mass is 9.90. The summed E-state index contributed by atoms with van der Waals surface area (Å²) in [5.74, 6) is 0.631. The van der Waals surface area contributed by atoms with Crippen LogP contribution in [0.4, 0.5) is 0 Å². The number of rotatable bonds is 0. The number of hydrogen-bond acceptors (Lipinski definition) is 3. The van der Waals surface area contributed by atoms with Gasteiger partial charge in [0.15, 0.2) is 0 Å². The third kappa shape index (κ3) is 2.12. The molecule has 3 fully saturated rings. The molecule has 3 aliphatic heterocycles. The standard InChI is InChI=1S/C10H16N2O2/c13-9-1-4-11-10(14)7-12-5-2-8(9)3-6-12/h8H,1-7H2,(H,11,14). The van der Waals surface area contributed by atoms with E-state index in [1.165, 1.54) is 0 Å². The van der Waals surface area contributed by atoms with E-state index in [0.717, 1.165) is 25.9 Å². The second-order valence-electron chi connectivity index (χ2n) is 4.12. The van der Waals surface area contributed by atoms with Gasteiger partial charge in [-0.05, 0) is 25.9 Å². The van der Waals surface area contributed by atoms with E-state index in [1.807, 2.05) is 0 Å². The zero-order valence-electron chi connectivity index (χ0n) is 8.29. The molecule has 78 valence electrons. The largest absolute Gasteiger partial charge is 0.355 e. The van der Waals surface area contributed by atoms with E-state index in [1.54, 1.807) is 0 Å². The summed E-state index contributed by atoms with van der Waals surface area (Å²) >= 11 is 0. The molecule has 0 atom stereocenters. The number of Topliss-reactive ketones (excluding diaryl/α,β-unsaturated/α-hetero) is 1. The first-order valence-electron chi connectivity index (χ1n) is 5.27. The van der Waals surface area contributed by atoms with E-state index in [0.29, 0.717) is 25.3 Å². The van der Waals surface area contributed by atoms with Crippen LogP contribution in [0.2, 0.25) is 0 Å². The fraction of sp³-hybridized carbons (Fsp3) is 0.800. The Labute approximate surface area is 83.6 Å². The first kappa shape index (κ1) is 9.65. The van der Waals surface area contributed by atoms with Gasteiger partial charge in [0.1, 0.15) is 5.78 Å². The highest BCUT2D eigenvalue weighted by Crippen LogP contribution is 2.19. The Balaban J connectivity index is 2.03. The van der Waals surface area contributed by atoms with Crippen LogP contribution in [0.3, 0.4) is 0 Å². The Morgan fingerprint density at radius 2 is 1.93 bits per heavy atom. The lowest BCUT2D eigenvalue weighted by Gasteiger charge is -2.31. The van der Waals surface area contributed by atoms with Gasteiger partial charge in [-0.1, -0.05) is 0 Å². The third-order valence-corrected chi connectivity index (χ3v) is 3.10. The summed E-state index contributed by atoms with van der Waals surface area (Å²) in [5, 5.41) is 2.77. The van der Waals surface area contributed by atoms with Crippen LogP contribution in [-0.4, -0.2) is 42.8 Å². The van der Waals surface area contributed by atoms with Gasteiger partial charge in [-0.15, -0.1) is 0 Å². The minimum Gasteiger partial charge on any atom is -0.355 e. The quantitative estimate of drug-likeness (QED) is 0.583. The van der Waals surface area contributed by atoms with Crippen molar-refractivity contribution < 1.29 is 9.59 Å². The van der Waals surface area contributed by atoms with Crippen molar-refractivity contribution in [2.45, 2.75) is 19.3 Å². The Morgan fingerprint density at radius 1 is 1.21 bits per heavy atom. The number of nitrogens with one attached hydrogen (secondary N) is 1. The van der Waals surface area contributed by atoms with Gasteiger partial charge in [0, 0.05) is 18.9 Å². The molecule has 0 spiro atoms. The second kappa shape index (κ2) is 4.09. The van der Waals surface area contributed by atoms with Gasteiger partial charge in [0.05, 0.1) is 6.54 Å². The number of amides is 1. The number of carbonyl (C=O) groups is 2. The zero-order chi connectivity index (χ0) is 9.97. The van der Waals surface area contributed by atoms with Crippen LogP contribution in [0.25, 0.3) is 0 Å². The van der Waals surface area contributed by atoms with Gasteiger partial charge < -0.3 is 5.32 Å². The van der Waals surface area contributed by atoms with Crippen molar-refractivity contribution in [2.75, 3.05) is 26.2 Å². The topological polar surface area (TPSA) is 49.4 Å². The average Bonchev–Trinajstić information content (AvgIpc) is 2.18. The fourth-order valence-corrected chi connectivity index (χ4v) is 2.20. The third-order valence-electron chi connectivity index (χ3n) is 3.10. The molecule has 3 rings (SSSR count). The molecule has 0 aromatic heterocycles. The maximum atomic E-state index is 11.6. The van der Waals surface area contributed by atoms with Crippen LogP contribution in [0.1, 0.15) is 19.3 Å². The number of fused-ring (bicyclic) bond motifs is 7. The molecular formula is C10H16N2O2. The minimum atomic E-state index is 0.0538. The number of piperidine rings is 1. The van der Waals surface area contributed by atoms with Gasteiger partial charge in [-0.3, -0.25) is 14.5 Å². The number of ketones is 1. The molecule has 0 aromatic carbocycles. The first-order chi connectivity index (χ1) is 6.75. The predicted octanol–water partition coefficient (Wildman–Crippen LogP) is -0.213. The zero-order valence-corrected chi connectivity index (χ0v) is 8.29. The van der Waals surface area contributed by atoms with Crippen molar-refractivity contribution in [1.82, 2.24) is 10.2 Å². The summed E-state index contributed by atoms with van der Waals surface area (Å²) in [4.78, 5) is 25.1. The molecule has 0 aliphatic carbocycles. The van der Waals surface area contributed by atoms with Gasteiger partial charge in [-0.25, -0.2) is 0 Å². The molecule has 3 heterocycles.